The molecular weight excluding hydrogens is 389 g/mol. The maximum Gasteiger partial charge on any atom is 0.254 e. The molecule has 3 rings (SSSR count). The lowest BCUT2D eigenvalue weighted by Gasteiger charge is -2.08. The summed E-state index contributed by atoms with van der Waals surface area (Å²) in [5.74, 6) is -0.400. The Morgan fingerprint density at radius 1 is 1.17 bits per heavy atom. The lowest BCUT2D eigenvalue weighted by molar-refractivity contribution is 0.0951. The van der Waals surface area contributed by atoms with E-state index in [2.05, 4.69) is 15.3 Å². The van der Waals surface area contributed by atoms with Crippen LogP contribution in [0.2, 0.25) is 15.1 Å². The zero-order valence-electron chi connectivity index (χ0n) is 12.1. The van der Waals surface area contributed by atoms with Gasteiger partial charge in [-0.1, -0.05) is 34.8 Å². The summed E-state index contributed by atoms with van der Waals surface area (Å²) in [4.78, 5) is 20.9. The van der Waals surface area contributed by atoms with Crippen LogP contribution in [0.5, 0.6) is 0 Å². The Balaban J connectivity index is 1.72. The molecule has 0 unspecified atom stereocenters. The SMILES string of the molecule is O=C(NCc1csc(-c2cccnc2)n1)c1c(Cl)ccc(Cl)c1Cl. The first-order valence-corrected chi connectivity index (χ1v) is 8.84. The zero-order valence-corrected chi connectivity index (χ0v) is 15.2. The van der Waals surface area contributed by atoms with Gasteiger partial charge in [-0.2, -0.15) is 0 Å². The molecule has 0 aliphatic carbocycles. The third-order valence-electron chi connectivity index (χ3n) is 3.16. The number of nitrogens with zero attached hydrogens (tertiary/aromatic N) is 2. The summed E-state index contributed by atoms with van der Waals surface area (Å²) in [7, 11) is 0. The van der Waals surface area contributed by atoms with Gasteiger partial charge >= 0.3 is 0 Å². The number of aromatic nitrogens is 2. The molecule has 2 aromatic heterocycles. The van der Waals surface area contributed by atoms with Crippen LogP contribution < -0.4 is 5.32 Å². The molecule has 0 aliphatic rings. The van der Waals surface area contributed by atoms with Gasteiger partial charge in [-0.25, -0.2) is 4.98 Å². The summed E-state index contributed by atoms with van der Waals surface area (Å²) in [5.41, 5.74) is 1.83. The lowest BCUT2D eigenvalue weighted by atomic mass is 10.2. The number of thiazole rings is 1. The van der Waals surface area contributed by atoms with Crippen LogP contribution in [-0.2, 0) is 6.54 Å². The van der Waals surface area contributed by atoms with Gasteiger partial charge in [0.2, 0.25) is 0 Å². The fourth-order valence-corrected chi connectivity index (χ4v) is 3.51. The van der Waals surface area contributed by atoms with Crippen molar-refractivity contribution < 1.29 is 4.79 Å². The number of pyridine rings is 1. The van der Waals surface area contributed by atoms with E-state index >= 15 is 0 Å². The molecule has 0 aliphatic heterocycles. The van der Waals surface area contributed by atoms with Crippen LogP contribution in [0.4, 0.5) is 0 Å². The van der Waals surface area contributed by atoms with E-state index in [0.717, 1.165) is 16.3 Å². The number of benzene rings is 1. The van der Waals surface area contributed by atoms with Crippen molar-refractivity contribution in [1.29, 1.82) is 0 Å². The summed E-state index contributed by atoms with van der Waals surface area (Å²) in [5, 5.41) is 6.13. The average Bonchev–Trinajstić information content (AvgIpc) is 3.06. The number of halogens is 3. The van der Waals surface area contributed by atoms with Gasteiger partial charge in [0.15, 0.2) is 0 Å². The third-order valence-corrected chi connectivity index (χ3v) is 5.22. The van der Waals surface area contributed by atoms with Crippen LogP contribution in [-0.4, -0.2) is 15.9 Å². The molecule has 122 valence electrons. The fraction of sp³-hybridized carbons (Fsp3) is 0.0625. The van der Waals surface area contributed by atoms with Crippen molar-refractivity contribution in [1.82, 2.24) is 15.3 Å². The topological polar surface area (TPSA) is 54.9 Å². The number of carbonyl (C=O) groups is 1. The normalized spacial score (nSPS) is 10.6. The number of amides is 1. The van der Waals surface area contributed by atoms with Crippen molar-refractivity contribution in [3.63, 3.8) is 0 Å². The molecule has 2 heterocycles. The smallest absolute Gasteiger partial charge is 0.254 e. The monoisotopic (exact) mass is 397 g/mol. The first-order chi connectivity index (χ1) is 11.6. The van der Waals surface area contributed by atoms with E-state index < -0.39 is 5.91 Å². The summed E-state index contributed by atoms with van der Waals surface area (Å²) < 4.78 is 0. The van der Waals surface area contributed by atoms with Crippen LogP contribution in [0.1, 0.15) is 16.1 Å². The van der Waals surface area contributed by atoms with E-state index in [9.17, 15) is 4.79 Å². The second-order valence-electron chi connectivity index (χ2n) is 4.79. The Morgan fingerprint density at radius 2 is 1.96 bits per heavy atom. The van der Waals surface area contributed by atoms with Crippen molar-refractivity contribution >= 4 is 52.0 Å². The molecule has 4 nitrogen and oxygen atoms in total. The molecule has 0 atom stereocenters. The molecule has 0 radical (unpaired) electrons. The maximum atomic E-state index is 12.3. The molecule has 3 aromatic rings. The summed E-state index contributed by atoms with van der Waals surface area (Å²) >= 11 is 19.5. The largest absolute Gasteiger partial charge is 0.346 e. The minimum absolute atomic E-state index is 0.135. The standard InChI is InChI=1S/C16H10Cl3N3OS/c17-11-3-4-12(18)14(19)13(11)15(23)21-7-10-8-24-16(22-10)9-2-1-5-20-6-9/h1-6,8H,7H2,(H,21,23). The molecule has 0 bridgehead atoms. The third kappa shape index (κ3) is 3.70. The number of hydrogen-bond acceptors (Lipinski definition) is 4. The second kappa shape index (κ2) is 7.49. The number of hydrogen-bond donors (Lipinski definition) is 1. The number of nitrogens with one attached hydrogen (secondary N) is 1. The van der Waals surface area contributed by atoms with E-state index in [1.54, 1.807) is 18.5 Å². The van der Waals surface area contributed by atoms with Crippen molar-refractivity contribution in [2.75, 3.05) is 0 Å². The Kier molecular flexibility index (Phi) is 5.36. The van der Waals surface area contributed by atoms with Gasteiger partial charge in [-0.3, -0.25) is 9.78 Å². The van der Waals surface area contributed by atoms with Gasteiger partial charge in [-0.15, -0.1) is 11.3 Å². The van der Waals surface area contributed by atoms with Crippen LogP contribution in [0.3, 0.4) is 0 Å². The highest BCUT2D eigenvalue weighted by Crippen LogP contribution is 2.31. The lowest BCUT2D eigenvalue weighted by Crippen LogP contribution is -2.23. The number of rotatable bonds is 4. The highest BCUT2D eigenvalue weighted by atomic mass is 35.5. The predicted octanol–water partition coefficient (Wildman–Crippen LogP) is 5.10. The molecule has 0 fully saturated rings. The molecule has 1 amide bonds. The molecule has 0 saturated heterocycles. The van der Waals surface area contributed by atoms with Gasteiger partial charge in [0.05, 0.1) is 32.9 Å². The molecule has 0 saturated carbocycles. The van der Waals surface area contributed by atoms with Gasteiger partial charge in [-0.05, 0) is 24.3 Å². The summed E-state index contributed by atoms with van der Waals surface area (Å²) in [6.07, 6.45) is 3.45. The minimum atomic E-state index is -0.400. The first kappa shape index (κ1) is 17.2. The zero-order chi connectivity index (χ0) is 17.1. The van der Waals surface area contributed by atoms with Crippen LogP contribution in [0.15, 0.2) is 42.0 Å². The quantitative estimate of drug-likeness (QED) is 0.622. The summed E-state index contributed by atoms with van der Waals surface area (Å²) in [6, 6.07) is 6.86. The first-order valence-electron chi connectivity index (χ1n) is 6.82. The van der Waals surface area contributed by atoms with Crippen LogP contribution in [0, 0.1) is 0 Å². The molecule has 8 heteroatoms. The van der Waals surface area contributed by atoms with E-state index in [1.807, 2.05) is 17.5 Å². The van der Waals surface area contributed by atoms with E-state index in [1.165, 1.54) is 17.4 Å². The van der Waals surface area contributed by atoms with Gasteiger partial charge in [0.25, 0.3) is 5.91 Å². The maximum absolute atomic E-state index is 12.3. The molecule has 1 aromatic carbocycles. The van der Waals surface area contributed by atoms with Crippen LogP contribution >= 0.6 is 46.1 Å². The molecule has 24 heavy (non-hydrogen) atoms. The van der Waals surface area contributed by atoms with E-state index in [4.69, 9.17) is 34.8 Å². The average molecular weight is 399 g/mol. The second-order valence-corrected chi connectivity index (χ2v) is 6.84. The molecule has 0 spiro atoms. The number of carbonyl (C=O) groups excluding carboxylic acids is 1. The van der Waals surface area contributed by atoms with Gasteiger partial charge in [0, 0.05) is 23.3 Å². The Morgan fingerprint density at radius 3 is 2.71 bits per heavy atom. The highest BCUT2D eigenvalue weighted by Gasteiger charge is 2.17. The fourth-order valence-electron chi connectivity index (χ4n) is 2.00. The molecule has 1 N–H and O–H groups in total. The van der Waals surface area contributed by atoms with Crippen molar-refractivity contribution in [3.05, 3.63) is 68.4 Å². The Bertz CT molecular complexity index is 884. The predicted molar refractivity (Wildman–Crippen MR) is 98.0 cm³/mol. The van der Waals surface area contributed by atoms with Gasteiger partial charge < -0.3 is 5.32 Å². The van der Waals surface area contributed by atoms with Crippen molar-refractivity contribution in [3.8, 4) is 10.6 Å². The Hall–Kier alpha value is -1.66. The van der Waals surface area contributed by atoms with Crippen molar-refractivity contribution in [2.45, 2.75) is 6.54 Å². The minimum Gasteiger partial charge on any atom is -0.346 e. The highest BCUT2D eigenvalue weighted by molar-refractivity contribution is 7.13. The van der Waals surface area contributed by atoms with Crippen LogP contribution in [0.25, 0.3) is 10.6 Å². The Labute approximate surface area is 157 Å². The van der Waals surface area contributed by atoms with E-state index in [0.29, 0.717) is 0 Å². The summed E-state index contributed by atoms with van der Waals surface area (Å²) in [6.45, 7) is 0.259. The van der Waals surface area contributed by atoms with E-state index in [-0.39, 0.29) is 27.2 Å². The van der Waals surface area contributed by atoms with Gasteiger partial charge in [0.1, 0.15) is 5.01 Å². The van der Waals surface area contributed by atoms with Crippen molar-refractivity contribution in [2.24, 2.45) is 0 Å². The molecular formula is C16H10Cl3N3OS.